The summed E-state index contributed by atoms with van der Waals surface area (Å²) in [4.78, 5) is 28.8. The molecule has 2 aromatic rings. The van der Waals surface area contributed by atoms with Gasteiger partial charge in [0.1, 0.15) is 15.2 Å². The minimum Gasteiger partial charge on any atom is -0.478 e. The maximum Gasteiger partial charge on any atom is 0.340 e. The Labute approximate surface area is 127 Å². The Balaban J connectivity index is 2.39. The van der Waals surface area contributed by atoms with Crippen molar-refractivity contribution in [1.82, 2.24) is 9.36 Å². The summed E-state index contributed by atoms with van der Waals surface area (Å²) < 4.78 is 4.54. The molecule has 1 N–H and O–H groups in total. The third kappa shape index (κ3) is 2.70. The number of aryl methyl sites for hydroxylation is 1. The Morgan fingerprint density at radius 3 is 2.75 bits per heavy atom. The van der Waals surface area contributed by atoms with Gasteiger partial charge in [0.2, 0.25) is 0 Å². The molecule has 0 aromatic carbocycles. The fraction of sp³-hybridized carbons (Fsp3) is 0.167. The van der Waals surface area contributed by atoms with E-state index < -0.39 is 5.97 Å². The van der Waals surface area contributed by atoms with E-state index >= 15 is 0 Å². The molecule has 8 heteroatoms. The molecule has 2 rings (SSSR count). The van der Waals surface area contributed by atoms with Gasteiger partial charge in [0.15, 0.2) is 0 Å². The minimum absolute atomic E-state index is 0.0546. The Kier molecular flexibility index (Phi) is 4.15. The van der Waals surface area contributed by atoms with Crippen LogP contribution in [0.15, 0.2) is 22.9 Å². The molecule has 0 radical (unpaired) electrons. The highest BCUT2D eigenvalue weighted by Gasteiger charge is 2.24. The number of halogens is 1. The minimum atomic E-state index is -1.10. The first-order valence-electron chi connectivity index (χ1n) is 5.51. The third-order valence-corrected chi connectivity index (χ3v) is 4.09. The smallest absolute Gasteiger partial charge is 0.340 e. The van der Waals surface area contributed by atoms with Crippen LogP contribution < -0.4 is 4.90 Å². The van der Waals surface area contributed by atoms with E-state index in [2.05, 4.69) is 25.3 Å². The first kappa shape index (κ1) is 14.6. The predicted molar refractivity (Wildman–Crippen MR) is 78.5 cm³/mol. The third-order valence-electron chi connectivity index (χ3n) is 2.64. The molecule has 0 spiro atoms. The lowest BCUT2D eigenvalue weighted by molar-refractivity contribution is 0.0697. The van der Waals surface area contributed by atoms with E-state index in [1.54, 1.807) is 19.1 Å². The van der Waals surface area contributed by atoms with Gasteiger partial charge in [-0.25, -0.2) is 9.78 Å². The Bertz CT molecular complexity index is 686. The van der Waals surface area contributed by atoms with Crippen molar-refractivity contribution >= 4 is 44.3 Å². The van der Waals surface area contributed by atoms with E-state index in [1.165, 1.54) is 18.1 Å². The summed E-state index contributed by atoms with van der Waals surface area (Å²) in [5, 5.41) is 9.50. The maximum absolute atomic E-state index is 12.3. The second-order valence-electron chi connectivity index (χ2n) is 3.98. The van der Waals surface area contributed by atoms with Crippen molar-refractivity contribution in [3.05, 3.63) is 39.8 Å². The van der Waals surface area contributed by atoms with Gasteiger partial charge in [-0.2, -0.15) is 4.37 Å². The fourth-order valence-electron chi connectivity index (χ4n) is 1.65. The summed E-state index contributed by atoms with van der Waals surface area (Å²) in [6.45, 7) is 1.60. The number of aromatic nitrogens is 2. The molecule has 0 unspecified atom stereocenters. The zero-order valence-electron chi connectivity index (χ0n) is 10.6. The molecule has 2 aromatic heterocycles. The molecule has 0 saturated heterocycles. The number of anilines is 1. The number of carboxylic acids is 1. The Morgan fingerprint density at radius 1 is 1.45 bits per heavy atom. The molecule has 104 valence electrons. The van der Waals surface area contributed by atoms with Gasteiger partial charge >= 0.3 is 5.97 Å². The highest BCUT2D eigenvalue weighted by atomic mass is 79.9. The van der Waals surface area contributed by atoms with E-state index in [-0.39, 0.29) is 11.5 Å². The molecule has 0 bridgehead atoms. The first-order chi connectivity index (χ1) is 9.41. The number of nitrogens with zero attached hydrogens (tertiary/aromatic N) is 3. The van der Waals surface area contributed by atoms with Crippen molar-refractivity contribution in [2.24, 2.45) is 0 Å². The second kappa shape index (κ2) is 5.68. The fourth-order valence-corrected chi connectivity index (χ4v) is 2.87. The number of carbonyl (C=O) groups is 2. The molecule has 0 atom stereocenters. The first-order valence-corrected chi connectivity index (χ1v) is 7.07. The molecule has 0 saturated carbocycles. The van der Waals surface area contributed by atoms with Gasteiger partial charge in [0.25, 0.3) is 5.91 Å². The van der Waals surface area contributed by atoms with Crippen LogP contribution in [0, 0.1) is 6.92 Å². The predicted octanol–water partition coefficient (Wildman–Crippen LogP) is 2.58. The normalized spacial score (nSPS) is 10.3. The molecule has 6 nitrogen and oxygen atoms in total. The summed E-state index contributed by atoms with van der Waals surface area (Å²) in [7, 11) is 1.52. The molecule has 0 aliphatic carbocycles. The van der Waals surface area contributed by atoms with Crippen LogP contribution in [0.2, 0.25) is 0 Å². The van der Waals surface area contributed by atoms with E-state index in [9.17, 15) is 14.7 Å². The van der Waals surface area contributed by atoms with Gasteiger partial charge in [0.05, 0.1) is 5.69 Å². The lowest BCUT2D eigenvalue weighted by Gasteiger charge is -2.15. The zero-order chi connectivity index (χ0) is 14.9. The molecule has 1 amide bonds. The second-order valence-corrected chi connectivity index (χ2v) is 5.55. The number of carbonyl (C=O) groups excluding carboxylic acids is 1. The van der Waals surface area contributed by atoms with Gasteiger partial charge in [-0.15, -0.1) is 0 Å². The van der Waals surface area contributed by atoms with Crippen LogP contribution in [0.3, 0.4) is 0 Å². The number of pyridine rings is 1. The van der Waals surface area contributed by atoms with Crippen molar-refractivity contribution in [2.75, 3.05) is 11.9 Å². The van der Waals surface area contributed by atoms with Crippen LogP contribution in [-0.2, 0) is 0 Å². The molecule has 0 aliphatic heterocycles. The van der Waals surface area contributed by atoms with Gasteiger partial charge in [-0.3, -0.25) is 4.79 Å². The quantitative estimate of drug-likeness (QED) is 0.855. The summed E-state index contributed by atoms with van der Waals surface area (Å²) in [5.74, 6) is -1.42. The van der Waals surface area contributed by atoms with E-state index in [1.807, 2.05) is 0 Å². The Morgan fingerprint density at radius 2 is 2.15 bits per heavy atom. The highest BCUT2D eigenvalue weighted by Crippen LogP contribution is 2.29. The van der Waals surface area contributed by atoms with E-state index in [0.717, 1.165) is 11.5 Å². The average molecular weight is 356 g/mol. The van der Waals surface area contributed by atoms with Crippen LogP contribution in [0.5, 0.6) is 0 Å². The summed E-state index contributed by atoms with van der Waals surface area (Å²) in [5.41, 5.74) is 0.865. The highest BCUT2D eigenvalue weighted by molar-refractivity contribution is 9.10. The zero-order valence-corrected chi connectivity index (χ0v) is 13.0. The standard InChI is InChI=1S/C12H10BrN3O3S/c1-6-9(12(18)19)11(20-15-6)16(2)10(17)7-3-4-14-8(13)5-7/h3-5H,1-2H3,(H,18,19). The van der Waals surface area contributed by atoms with Crippen LogP contribution in [0.1, 0.15) is 26.4 Å². The van der Waals surface area contributed by atoms with Crippen LogP contribution >= 0.6 is 27.5 Å². The number of carboxylic acid groups (broad SMARTS) is 1. The Hall–Kier alpha value is -1.80. The van der Waals surface area contributed by atoms with Crippen molar-refractivity contribution in [2.45, 2.75) is 6.92 Å². The van der Waals surface area contributed by atoms with Crippen LogP contribution in [-0.4, -0.2) is 33.4 Å². The van der Waals surface area contributed by atoms with Gasteiger partial charge in [-0.1, -0.05) is 0 Å². The molecular weight excluding hydrogens is 346 g/mol. The number of aromatic carboxylic acids is 1. The van der Waals surface area contributed by atoms with Crippen molar-refractivity contribution < 1.29 is 14.7 Å². The van der Waals surface area contributed by atoms with Crippen molar-refractivity contribution in [1.29, 1.82) is 0 Å². The van der Waals surface area contributed by atoms with Crippen LogP contribution in [0.4, 0.5) is 5.00 Å². The lowest BCUT2D eigenvalue weighted by Crippen LogP contribution is -2.27. The number of amides is 1. The van der Waals surface area contributed by atoms with Crippen molar-refractivity contribution in [3.63, 3.8) is 0 Å². The largest absolute Gasteiger partial charge is 0.478 e. The number of hydrogen-bond acceptors (Lipinski definition) is 5. The average Bonchev–Trinajstić information content (AvgIpc) is 2.79. The maximum atomic E-state index is 12.3. The molecular formula is C12H10BrN3O3S. The monoisotopic (exact) mass is 355 g/mol. The molecule has 20 heavy (non-hydrogen) atoms. The summed E-state index contributed by atoms with van der Waals surface area (Å²) in [6.07, 6.45) is 1.50. The van der Waals surface area contributed by atoms with Gasteiger partial charge in [0, 0.05) is 18.8 Å². The van der Waals surface area contributed by atoms with E-state index in [4.69, 9.17) is 0 Å². The van der Waals surface area contributed by atoms with Crippen LogP contribution in [0.25, 0.3) is 0 Å². The van der Waals surface area contributed by atoms with Gasteiger partial charge < -0.3 is 10.0 Å². The summed E-state index contributed by atoms with van der Waals surface area (Å²) in [6, 6.07) is 3.14. The molecule has 0 fully saturated rings. The summed E-state index contributed by atoms with van der Waals surface area (Å²) >= 11 is 4.18. The van der Waals surface area contributed by atoms with E-state index in [0.29, 0.717) is 20.9 Å². The molecule has 0 aliphatic rings. The van der Waals surface area contributed by atoms with Crippen molar-refractivity contribution in [3.8, 4) is 0 Å². The topological polar surface area (TPSA) is 83.4 Å². The number of rotatable bonds is 3. The number of hydrogen-bond donors (Lipinski definition) is 1. The van der Waals surface area contributed by atoms with Gasteiger partial charge in [-0.05, 0) is 46.5 Å². The SMILES string of the molecule is Cc1nsc(N(C)C(=O)c2ccnc(Br)c2)c1C(=O)O. The lowest BCUT2D eigenvalue weighted by atomic mass is 10.2. The molecule has 2 heterocycles.